The molecule has 0 bridgehead atoms. The van der Waals surface area contributed by atoms with Crippen LogP contribution in [-0.4, -0.2) is 35.9 Å². The van der Waals surface area contributed by atoms with Crippen LogP contribution in [0.15, 0.2) is 53.0 Å². The van der Waals surface area contributed by atoms with Crippen LogP contribution in [0.4, 0.5) is 18.0 Å². The molecule has 0 aliphatic carbocycles. The number of carbonyl (C=O) groups excluding carboxylic acids is 2. The number of alkyl halides is 3. The second-order valence-corrected chi connectivity index (χ2v) is 7.38. The van der Waals surface area contributed by atoms with Crippen molar-refractivity contribution in [1.82, 2.24) is 10.6 Å². The topological polar surface area (TPSA) is 87.7 Å². The first kappa shape index (κ1) is 21.1. The average Bonchev–Trinajstić information content (AvgIpc) is 2.67. The SMILES string of the molecule is COc1ccc([C@H]2NC(=O)N[C@@](O)(C(F)(F)F)[C@@H]2C(=O)c2ccc(Br)cc2)cc1. The van der Waals surface area contributed by atoms with E-state index in [-0.39, 0.29) is 11.1 Å². The lowest BCUT2D eigenvalue weighted by molar-refractivity contribution is -0.287. The summed E-state index contributed by atoms with van der Waals surface area (Å²) in [6, 6.07) is 8.81. The summed E-state index contributed by atoms with van der Waals surface area (Å²) in [7, 11) is 1.42. The Morgan fingerprint density at radius 2 is 1.72 bits per heavy atom. The van der Waals surface area contributed by atoms with E-state index >= 15 is 0 Å². The maximum Gasteiger partial charge on any atom is 0.437 e. The molecule has 29 heavy (non-hydrogen) atoms. The van der Waals surface area contributed by atoms with Crippen LogP contribution in [0.3, 0.4) is 0 Å². The van der Waals surface area contributed by atoms with Crippen molar-refractivity contribution < 1.29 is 32.6 Å². The fourth-order valence-electron chi connectivity index (χ4n) is 3.22. The third kappa shape index (κ3) is 3.95. The summed E-state index contributed by atoms with van der Waals surface area (Å²) in [6.45, 7) is 0. The van der Waals surface area contributed by atoms with Gasteiger partial charge in [-0.3, -0.25) is 4.79 Å². The summed E-state index contributed by atoms with van der Waals surface area (Å²) in [6.07, 6.45) is -5.30. The first-order chi connectivity index (χ1) is 13.6. The van der Waals surface area contributed by atoms with E-state index < -0.39 is 35.7 Å². The Hall–Kier alpha value is -2.59. The van der Waals surface area contributed by atoms with Crippen LogP contribution in [0.25, 0.3) is 0 Å². The molecular weight excluding hydrogens is 457 g/mol. The third-order valence-electron chi connectivity index (χ3n) is 4.69. The highest BCUT2D eigenvalue weighted by Gasteiger charge is 2.66. The van der Waals surface area contributed by atoms with E-state index in [0.717, 1.165) is 0 Å². The van der Waals surface area contributed by atoms with Crippen molar-refractivity contribution in [3.05, 3.63) is 64.1 Å². The molecule has 0 radical (unpaired) electrons. The zero-order chi connectivity index (χ0) is 21.4. The number of rotatable bonds is 4. The molecule has 10 heteroatoms. The van der Waals surface area contributed by atoms with Crippen molar-refractivity contribution in [2.75, 3.05) is 7.11 Å². The molecule has 1 aliphatic rings. The Morgan fingerprint density at radius 1 is 1.14 bits per heavy atom. The standard InChI is InChI=1S/C19H16BrF3N2O4/c1-29-13-8-4-10(5-9-13)15-14(16(26)11-2-6-12(20)7-3-11)18(28,19(21,22)23)25-17(27)24-15/h2-9,14-15,28H,1H3,(H2,24,25,27)/t14-,15+,18-/m0/s1. The van der Waals surface area contributed by atoms with Crippen molar-refractivity contribution in [1.29, 1.82) is 0 Å². The molecule has 154 valence electrons. The van der Waals surface area contributed by atoms with Gasteiger partial charge in [-0.2, -0.15) is 13.2 Å². The quantitative estimate of drug-likeness (QED) is 0.593. The molecule has 0 spiro atoms. The largest absolute Gasteiger partial charge is 0.497 e. The zero-order valence-corrected chi connectivity index (χ0v) is 16.5. The minimum absolute atomic E-state index is 0.0441. The number of amides is 2. The van der Waals surface area contributed by atoms with Gasteiger partial charge in [0.2, 0.25) is 5.72 Å². The van der Waals surface area contributed by atoms with E-state index in [2.05, 4.69) is 21.2 Å². The van der Waals surface area contributed by atoms with E-state index in [0.29, 0.717) is 10.2 Å². The molecule has 0 unspecified atom stereocenters. The van der Waals surface area contributed by atoms with Crippen LogP contribution in [0.1, 0.15) is 22.0 Å². The maximum atomic E-state index is 13.8. The normalized spacial score (nSPS) is 24.4. The number of ether oxygens (including phenoxy) is 1. The molecule has 0 aromatic heterocycles. The fraction of sp³-hybridized carbons (Fsp3) is 0.263. The second-order valence-electron chi connectivity index (χ2n) is 6.46. The summed E-state index contributed by atoms with van der Waals surface area (Å²) in [5.74, 6) is -2.61. The van der Waals surface area contributed by atoms with Crippen LogP contribution in [0.2, 0.25) is 0 Å². The lowest BCUT2D eigenvalue weighted by atomic mass is 9.77. The van der Waals surface area contributed by atoms with Crippen molar-refractivity contribution in [2.45, 2.75) is 17.9 Å². The predicted molar refractivity (Wildman–Crippen MR) is 100 cm³/mol. The molecule has 1 saturated heterocycles. The average molecular weight is 473 g/mol. The molecule has 3 atom stereocenters. The molecule has 1 aliphatic heterocycles. The highest BCUT2D eigenvalue weighted by atomic mass is 79.9. The first-order valence-corrected chi connectivity index (χ1v) is 9.17. The van der Waals surface area contributed by atoms with Crippen molar-refractivity contribution in [3.63, 3.8) is 0 Å². The molecule has 6 nitrogen and oxygen atoms in total. The van der Waals surface area contributed by atoms with Crippen LogP contribution in [-0.2, 0) is 0 Å². The van der Waals surface area contributed by atoms with Crippen molar-refractivity contribution in [3.8, 4) is 5.75 Å². The van der Waals surface area contributed by atoms with E-state index in [9.17, 15) is 27.9 Å². The van der Waals surface area contributed by atoms with E-state index in [1.165, 1.54) is 61.0 Å². The highest BCUT2D eigenvalue weighted by molar-refractivity contribution is 9.10. The van der Waals surface area contributed by atoms with Gasteiger partial charge < -0.3 is 20.5 Å². The molecule has 2 aromatic rings. The second kappa shape index (κ2) is 7.68. The van der Waals surface area contributed by atoms with Crippen molar-refractivity contribution in [2.24, 2.45) is 5.92 Å². The lowest BCUT2D eigenvalue weighted by Gasteiger charge is -2.45. The number of methoxy groups -OCH3 is 1. The predicted octanol–water partition coefficient (Wildman–Crippen LogP) is 3.56. The number of aliphatic hydroxyl groups is 1. The Bertz CT molecular complexity index is 919. The van der Waals surface area contributed by atoms with Gasteiger partial charge in [-0.15, -0.1) is 0 Å². The van der Waals surface area contributed by atoms with E-state index in [1.807, 2.05) is 0 Å². The minimum Gasteiger partial charge on any atom is -0.497 e. The van der Waals surface area contributed by atoms with E-state index in [1.54, 1.807) is 0 Å². The number of Topliss-reactive ketones (excluding diaryl/α,β-unsaturated/α-hetero) is 1. The minimum atomic E-state index is -5.30. The van der Waals surface area contributed by atoms with Gasteiger partial charge in [-0.25, -0.2) is 4.79 Å². The van der Waals surface area contributed by atoms with Crippen LogP contribution in [0, 0.1) is 5.92 Å². The van der Waals surface area contributed by atoms with Gasteiger partial charge in [0.05, 0.1) is 13.2 Å². The number of hydrogen-bond donors (Lipinski definition) is 3. The Kier molecular flexibility index (Phi) is 5.59. The number of benzene rings is 2. The smallest absolute Gasteiger partial charge is 0.437 e. The zero-order valence-electron chi connectivity index (χ0n) is 15.0. The first-order valence-electron chi connectivity index (χ1n) is 8.38. The lowest BCUT2D eigenvalue weighted by Crippen LogP contribution is -2.72. The van der Waals surface area contributed by atoms with Crippen LogP contribution < -0.4 is 15.4 Å². The molecule has 1 heterocycles. The molecule has 0 saturated carbocycles. The summed E-state index contributed by atoms with van der Waals surface area (Å²) < 4.78 is 47.1. The molecule has 2 amide bonds. The molecular formula is C19H16BrF3N2O4. The molecule has 3 N–H and O–H groups in total. The Balaban J connectivity index is 2.13. The fourth-order valence-corrected chi connectivity index (χ4v) is 3.49. The van der Waals surface area contributed by atoms with Gasteiger partial charge >= 0.3 is 12.2 Å². The third-order valence-corrected chi connectivity index (χ3v) is 5.22. The number of nitrogens with one attached hydrogen (secondary N) is 2. The van der Waals surface area contributed by atoms with Crippen LogP contribution in [0.5, 0.6) is 5.75 Å². The van der Waals surface area contributed by atoms with Gasteiger partial charge in [-0.05, 0) is 29.8 Å². The maximum absolute atomic E-state index is 13.8. The van der Waals surface area contributed by atoms with Gasteiger partial charge in [0, 0.05) is 10.0 Å². The monoisotopic (exact) mass is 472 g/mol. The molecule has 2 aromatic carbocycles. The molecule has 3 rings (SSSR count). The Labute approximate surface area is 172 Å². The number of urea groups is 1. The Morgan fingerprint density at radius 3 is 2.24 bits per heavy atom. The summed E-state index contributed by atoms with van der Waals surface area (Å²) in [5.41, 5.74) is -3.60. The van der Waals surface area contributed by atoms with E-state index in [4.69, 9.17) is 4.74 Å². The van der Waals surface area contributed by atoms with Crippen molar-refractivity contribution >= 4 is 27.7 Å². The number of ketones is 1. The number of hydrogen-bond acceptors (Lipinski definition) is 4. The van der Waals surface area contributed by atoms with Gasteiger partial charge in [0.15, 0.2) is 5.78 Å². The highest BCUT2D eigenvalue weighted by Crippen LogP contribution is 2.44. The van der Waals surface area contributed by atoms with Gasteiger partial charge in [0.25, 0.3) is 0 Å². The van der Waals surface area contributed by atoms with Crippen LogP contribution >= 0.6 is 15.9 Å². The summed E-state index contributed by atoms with van der Waals surface area (Å²) >= 11 is 3.19. The summed E-state index contributed by atoms with van der Waals surface area (Å²) in [4.78, 5) is 25.1. The molecule has 1 fully saturated rings. The van der Waals surface area contributed by atoms with Gasteiger partial charge in [-0.1, -0.05) is 40.2 Å². The van der Waals surface area contributed by atoms with Gasteiger partial charge in [0.1, 0.15) is 11.7 Å². The summed E-state index contributed by atoms with van der Waals surface area (Å²) in [5, 5.41) is 14.3. The number of carbonyl (C=O) groups is 2. The number of halogens is 4.